The van der Waals surface area contributed by atoms with E-state index in [-0.39, 0.29) is 47.5 Å². The Bertz CT molecular complexity index is 1980. The van der Waals surface area contributed by atoms with Crippen molar-refractivity contribution in [2.24, 2.45) is 0 Å². The summed E-state index contributed by atoms with van der Waals surface area (Å²) in [6.07, 6.45) is -2.51. The summed E-state index contributed by atoms with van der Waals surface area (Å²) in [6.45, 7) is 13.8. The number of methoxy groups -OCH3 is 1. The molecule has 0 aliphatic rings. The molecule has 288 valence electrons. The van der Waals surface area contributed by atoms with Crippen molar-refractivity contribution in [1.29, 1.82) is 0 Å². The van der Waals surface area contributed by atoms with E-state index in [1.165, 1.54) is 37.5 Å². The Morgan fingerprint density at radius 3 is 2.07 bits per heavy atom. The topological polar surface area (TPSA) is 86.6 Å². The fraction of sp³-hybridized carbons (Fsp3) is 0.357. The van der Waals surface area contributed by atoms with Crippen LogP contribution in [0.2, 0.25) is 18.1 Å². The van der Waals surface area contributed by atoms with E-state index < -0.39 is 43.9 Å². The maximum absolute atomic E-state index is 14.3. The monoisotopic (exact) mass is 764 g/mol. The van der Waals surface area contributed by atoms with Crippen molar-refractivity contribution < 1.29 is 41.1 Å². The van der Waals surface area contributed by atoms with E-state index in [1.54, 1.807) is 22.8 Å². The van der Waals surface area contributed by atoms with Crippen molar-refractivity contribution in [3.63, 3.8) is 0 Å². The number of rotatable bonds is 14. The standard InChI is InChI=1S/C42H48F4N2O5Si/c1-27(2)48-35(22-21-33(49)24-34(25-36(50)52-6)53-54(7,8)41(3,4)5)37(30-17-19-32(43)20-18-30)38(29-14-10-9-11-15-29)39(48)40(51)47-26-28-13-12-16-31(23-28)42(44,45)46/h9-23,27,34H,24-26H2,1-8H3,(H,47,51)/b22-21+/t34-/m1/s1. The molecule has 12 heteroatoms. The SMILES string of the molecule is COC(=O)C[C@@H](CC(=O)/C=C/c1c(-c2ccc(F)cc2)c(-c2ccccc2)c(C(=O)NCc2cccc(C(F)(F)F)c2)n1C(C)C)O[Si](C)(C)C(C)(C)C. The number of ether oxygens (including phenoxy) is 1. The molecule has 4 rings (SSSR count). The number of carbonyl (C=O) groups is 3. The number of halogens is 4. The van der Waals surface area contributed by atoms with E-state index in [4.69, 9.17) is 9.16 Å². The van der Waals surface area contributed by atoms with Crippen LogP contribution in [0.1, 0.15) is 80.8 Å². The van der Waals surface area contributed by atoms with Crippen LogP contribution in [0.15, 0.2) is 84.9 Å². The Balaban J connectivity index is 1.87. The zero-order valence-corrected chi connectivity index (χ0v) is 32.9. The number of benzene rings is 3. The Morgan fingerprint density at radius 1 is 0.870 bits per heavy atom. The maximum atomic E-state index is 14.3. The zero-order chi connectivity index (χ0) is 40.0. The van der Waals surface area contributed by atoms with Gasteiger partial charge < -0.3 is 19.0 Å². The van der Waals surface area contributed by atoms with Gasteiger partial charge in [-0.2, -0.15) is 13.2 Å². The minimum atomic E-state index is -4.55. The lowest BCUT2D eigenvalue weighted by molar-refractivity contribution is -0.142. The number of aromatic nitrogens is 1. The minimum absolute atomic E-state index is 0.109. The fourth-order valence-electron chi connectivity index (χ4n) is 5.93. The Kier molecular flexibility index (Phi) is 13.3. The molecular weight excluding hydrogens is 717 g/mol. The maximum Gasteiger partial charge on any atom is 0.416 e. The van der Waals surface area contributed by atoms with E-state index in [9.17, 15) is 31.9 Å². The van der Waals surface area contributed by atoms with Gasteiger partial charge in [0, 0.05) is 30.1 Å². The van der Waals surface area contributed by atoms with Crippen LogP contribution in [-0.4, -0.2) is 43.8 Å². The van der Waals surface area contributed by atoms with Gasteiger partial charge in [-0.3, -0.25) is 14.4 Å². The minimum Gasteiger partial charge on any atom is -0.469 e. The first-order valence-corrected chi connectivity index (χ1v) is 20.6. The highest BCUT2D eigenvalue weighted by Crippen LogP contribution is 2.43. The number of carbonyl (C=O) groups excluding carboxylic acids is 3. The van der Waals surface area contributed by atoms with Crippen LogP contribution in [-0.2, 0) is 31.5 Å². The molecule has 1 heterocycles. The molecule has 0 unspecified atom stereocenters. The molecule has 0 fully saturated rings. The number of nitrogens with one attached hydrogen (secondary N) is 1. The highest BCUT2D eigenvalue weighted by molar-refractivity contribution is 6.74. The van der Waals surface area contributed by atoms with E-state index in [0.717, 1.165) is 12.1 Å². The summed E-state index contributed by atoms with van der Waals surface area (Å²) in [6, 6.07) is 19.3. The molecule has 1 N–H and O–H groups in total. The molecular formula is C42H48F4N2O5Si. The van der Waals surface area contributed by atoms with Crippen molar-refractivity contribution in [2.75, 3.05) is 7.11 Å². The van der Waals surface area contributed by atoms with Crippen LogP contribution in [0.25, 0.3) is 28.3 Å². The van der Waals surface area contributed by atoms with E-state index in [2.05, 4.69) is 26.1 Å². The van der Waals surface area contributed by atoms with E-state index >= 15 is 0 Å². The van der Waals surface area contributed by atoms with Crippen molar-refractivity contribution in [1.82, 2.24) is 9.88 Å². The second-order valence-electron chi connectivity index (χ2n) is 15.0. The molecule has 1 aromatic heterocycles. The number of amides is 1. The molecule has 7 nitrogen and oxygen atoms in total. The van der Waals surface area contributed by atoms with Crippen LogP contribution in [0.5, 0.6) is 0 Å². The summed E-state index contributed by atoms with van der Waals surface area (Å²) in [5, 5.41) is 2.63. The van der Waals surface area contributed by atoms with Crippen LogP contribution in [0, 0.1) is 5.82 Å². The summed E-state index contributed by atoms with van der Waals surface area (Å²) in [5.41, 5.74) is 2.38. The zero-order valence-electron chi connectivity index (χ0n) is 31.9. The number of esters is 1. The summed E-state index contributed by atoms with van der Waals surface area (Å²) < 4.78 is 67.8. The van der Waals surface area contributed by atoms with Crippen molar-refractivity contribution in [2.45, 2.75) is 90.5 Å². The first-order chi connectivity index (χ1) is 25.2. The average molecular weight is 765 g/mol. The third-order valence-electron chi connectivity index (χ3n) is 9.62. The highest BCUT2D eigenvalue weighted by atomic mass is 28.4. The number of nitrogens with zero attached hydrogens (tertiary/aromatic N) is 1. The number of ketones is 1. The number of alkyl halides is 3. The van der Waals surface area contributed by atoms with Crippen LogP contribution in [0.3, 0.4) is 0 Å². The van der Waals surface area contributed by atoms with Gasteiger partial charge >= 0.3 is 12.1 Å². The van der Waals surface area contributed by atoms with Gasteiger partial charge in [0.25, 0.3) is 5.91 Å². The first-order valence-electron chi connectivity index (χ1n) is 17.7. The van der Waals surface area contributed by atoms with Gasteiger partial charge in [0.1, 0.15) is 11.5 Å². The summed E-state index contributed by atoms with van der Waals surface area (Å²) in [5.74, 6) is -1.86. The normalized spacial score (nSPS) is 13.0. The molecule has 0 spiro atoms. The molecule has 54 heavy (non-hydrogen) atoms. The molecule has 0 saturated heterocycles. The third kappa shape index (κ3) is 10.2. The molecule has 3 aromatic carbocycles. The molecule has 1 amide bonds. The lowest BCUT2D eigenvalue weighted by Gasteiger charge is -2.39. The van der Waals surface area contributed by atoms with Gasteiger partial charge in [0.15, 0.2) is 14.1 Å². The molecule has 0 radical (unpaired) electrons. The van der Waals surface area contributed by atoms with Crippen molar-refractivity contribution in [3.05, 3.63) is 113 Å². The van der Waals surface area contributed by atoms with Crippen LogP contribution >= 0.6 is 0 Å². The van der Waals surface area contributed by atoms with Gasteiger partial charge in [0.05, 0.1) is 30.9 Å². The molecule has 1 atom stereocenters. The molecule has 0 aliphatic heterocycles. The van der Waals surface area contributed by atoms with Gasteiger partial charge in [-0.1, -0.05) is 75.4 Å². The quantitative estimate of drug-likeness (QED) is 0.0598. The van der Waals surface area contributed by atoms with Gasteiger partial charge in [0.2, 0.25) is 0 Å². The van der Waals surface area contributed by atoms with E-state index in [0.29, 0.717) is 27.9 Å². The first kappa shape index (κ1) is 41.9. The summed E-state index contributed by atoms with van der Waals surface area (Å²) in [4.78, 5) is 40.4. The Labute approximate surface area is 315 Å². The molecule has 0 saturated carbocycles. The molecule has 0 bridgehead atoms. The van der Waals surface area contributed by atoms with Crippen LogP contribution < -0.4 is 5.32 Å². The molecule has 0 aliphatic carbocycles. The van der Waals surface area contributed by atoms with E-state index in [1.807, 2.05) is 57.3 Å². The number of allylic oxidation sites excluding steroid dienone is 1. The largest absolute Gasteiger partial charge is 0.469 e. The molecule has 4 aromatic rings. The summed E-state index contributed by atoms with van der Waals surface area (Å²) >= 11 is 0. The predicted octanol–water partition coefficient (Wildman–Crippen LogP) is 10.4. The van der Waals surface area contributed by atoms with Crippen LogP contribution in [0.4, 0.5) is 17.6 Å². The van der Waals surface area contributed by atoms with Gasteiger partial charge in [-0.25, -0.2) is 4.39 Å². The highest BCUT2D eigenvalue weighted by Gasteiger charge is 2.40. The number of hydrogen-bond donors (Lipinski definition) is 1. The Morgan fingerprint density at radius 2 is 1.50 bits per heavy atom. The smallest absolute Gasteiger partial charge is 0.416 e. The lowest BCUT2D eigenvalue weighted by Crippen LogP contribution is -2.44. The number of hydrogen-bond acceptors (Lipinski definition) is 5. The van der Waals surface area contributed by atoms with Crippen molar-refractivity contribution >= 4 is 32.1 Å². The lowest BCUT2D eigenvalue weighted by atomic mass is 9.94. The third-order valence-corrected chi connectivity index (χ3v) is 14.2. The van der Waals surface area contributed by atoms with Gasteiger partial charge in [-0.05, 0) is 85.1 Å². The van der Waals surface area contributed by atoms with Gasteiger partial charge in [-0.15, -0.1) is 0 Å². The second kappa shape index (κ2) is 17.1. The summed E-state index contributed by atoms with van der Waals surface area (Å²) in [7, 11) is -1.12. The fourth-order valence-corrected chi connectivity index (χ4v) is 7.29. The second-order valence-corrected chi connectivity index (χ2v) is 19.7. The Hall–Kier alpha value is -4.81. The van der Waals surface area contributed by atoms with Crippen molar-refractivity contribution in [3.8, 4) is 22.3 Å². The average Bonchev–Trinajstić information content (AvgIpc) is 3.45. The predicted molar refractivity (Wildman–Crippen MR) is 206 cm³/mol.